The van der Waals surface area contributed by atoms with E-state index in [1.165, 1.54) is 0 Å². The minimum Gasteiger partial charge on any atom is -0.334 e. The van der Waals surface area contributed by atoms with Gasteiger partial charge in [-0.3, -0.25) is 9.69 Å². The lowest BCUT2D eigenvalue weighted by Crippen LogP contribution is -2.40. The highest BCUT2D eigenvalue weighted by Crippen LogP contribution is 2.33. The molecule has 1 aromatic carbocycles. The van der Waals surface area contributed by atoms with Crippen LogP contribution in [0.25, 0.3) is 0 Å². The van der Waals surface area contributed by atoms with E-state index in [-0.39, 0.29) is 23.2 Å². The van der Waals surface area contributed by atoms with E-state index in [4.69, 9.17) is 11.6 Å². The Kier molecular flexibility index (Phi) is 7.08. The van der Waals surface area contributed by atoms with Crippen molar-refractivity contribution in [1.29, 1.82) is 0 Å². The Hall–Kier alpha value is -2.06. The van der Waals surface area contributed by atoms with Gasteiger partial charge < -0.3 is 9.88 Å². The topological polar surface area (TPSA) is 50.2 Å². The number of hydrogen-bond acceptors (Lipinski definition) is 3. The molecule has 0 saturated carbocycles. The van der Waals surface area contributed by atoms with E-state index in [0.717, 1.165) is 56.5 Å². The van der Waals surface area contributed by atoms with Crippen LogP contribution in [0.5, 0.6) is 0 Å². The highest BCUT2D eigenvalue weighted by Gasteiger charge is 2.31. The molecule has 2 heterocycles. The lowest BCUT2D eigenvalue weighted by Gasteiger charge is -2.32. The Morgan fingerprint density at radius 3 is 2.63 bits per heavy atom. The standard InChI is InChI=1S/C21H26ClF3N4O/c1-14(2)20-26-7-10-29(20)12-15-5-8-28(9-6-15)13-19(30)27-18-11-16(21(23,24)25)3-4-17(18)22/h3-4,7,10-11,14-15H,5-6,8-9,12-13H2,1-2H3,(H,27,30). The molecule has 0 radical (unpaired) electrons. The Bertz CT molecular complexity index is 873. The second-order valence-corrected chi connectivity index (χ2v) is 8.46. The zero-order chi connectivity index (χ0) is 21.9. The lowest BCUT2D eigenvalue weighted by molar-refractivity contribution is -0.137. The van der Waals surface area contributed by atoms with Crippen molar-refractivity contribution in [3.63, 3.8) is 0 Å². The number of nitrogens with zero attached hydrogens (tertiary/aromatic N) is 3. The number of imidazole rings is 1. The number of piperidine rings is 1. The maximum absolute atomic E-state index is 12.9. The van der Waals surface area contributed by atoms with Crippen molar-refractivity contribution in [2.75, 3.05) is 25.0 Å². The van der Waals surface area contributed by atoms with Crippen LogP contribution in [-0.4, -0.2) is 40.0 Å². The average Bonchev–Trinajstić information content (AvgIpc) is 3.12. The molecule has 0 aliphatic carbocycles. The molecule has 3 rings (SSSR count). The number of carbonyl (C=O) groups excluding carboxylic acids is 1. The Labute approximate surface area is 179 Å². The summed E-state index contributed by atoms with van der Waals surface area (Å²) in [6.07, 6.45) is 1.25. The van der Waals surface area contributed by atoms with Crippen molar-refractivity contribution in [2.45, 2.75) is 45.3 Å². The highest BCUT2D eigenvalue weighted by atomic mass is 35.5. The number of benzene rings is 1. The van der Waals surface area contributed by atoms with Gasteiger partial charge in [0.1, 0.15) is 5.82 Å². The van der Waals surface area contributed by atoms with Crippen molar-refractivity contribution in [3.05, 3.63) is 47.0 Å². The molecule has 0 spiro atoms. The summed E-state index contributed by atoms with van der Waals surface area (Å²) in [6, 6.07) is 2.91. The fourth-order valence-electron chi connectivity index (χ4n) is 3.77. The molecule has 1 amide bonds. The molecule has 1 aliphatic heterocycles. The molecule has 2 aromatic rings. The molecule has 1 saturated heterocycles. The number of carbonyl (C=O) groups is 1. The predicted octanol–water partition coefficient (Wildman–Crippen LogP) is 5.03. The summed E-state index contributed by atoms with van der Waals surface area (Å²) in [5.74, 6) is 1.58. The summed E-state index contributed by atoms with van der Waals surface area (Å²) in [4.78, 5) is 18.8. The molecular weight excluding hydrogens is 417 g/mol. The quantitative estimate of drug-likeness (QED) is 0.682. The number of likely N-dealkylation sites (tertiary alicyclic amines) is 1. The fraction of sp³-hybridized carbons (Fsp3) is 0.524. The van der Waals surface area contributed by atoms with Crippen molar-refractivity contribution in [1.82, 2.24) is 14.5 Å². The Morgan fingerprint density at radius 2 is 2.00 bits per heavy atom. The highest BCUT2D eigenvalue weighted by molar-refractivity contribution is 6.33. The third-order valence-corrected chi connectivity index (χ3v) is 5.69. The van der Waals surface area contributed by atoms with Crippen LogP contribution in [-0.2, 0) is 17.5 Å². The van der Waals surface area contributed by atoms with E-state index in [0.29, 0.717) is 11.8 Å². The molecular formula is C21H26ClF3N4O. The maximum Gasteiger partial charge on any atom is 0.416 e. The van der Waals surface area contributed by atoms with Gasteiger partial charge >= 0.3 is 6.18 Å². The summed E-state index contributed by atoms with van der Waals surface area (Å²) >= 11 is 5.95. The van der Waals surface area contributed by atoms with Gasteiger partial charge in [0.2, 0.25) is 5.91 Å². The number of alkyl halides is 3. The van der Waals surface area contributed by atoms with Crippen LogP contribution in [0, 0.1) is 5.92 Å². The molecule has 0 bridgehead atoms. The van der Waals surface area contributed by atoms with E-state index in [9.17, 15) is 18.0 Å². The monoisotopic (exact) mass is 442 g/mol. The molecule has 30 heavy (non-hydrogen) atoms. The minimum atomic E-state index is -4.49. The summed E-state index contributed by atoms with van der Waals surface area (Å²) < 4.78 is 40.8. The first-order valence-corrected chi connectivity index (χ1v) is 10.4. The maximum atomic E-state index is 12.9. The molecule has 0 unspecified atom stereocenters. The van der Waals surface area contributed by atoms with Gasteiger partial charge in [-0.1, -0.05) is 25.4 Å². The van der Waals surface area contributed by atoms with Crippen molar-refractivity contribution < 1.29 is 18.0 Å². The molecule has 1 aromatic heterocycles. The number of halogens is 4. The van der Waals surface area contributed by atoms with Crippen LogP contribution >= 0.6 is 11.6 Å². The van der Waals surface area contributed by atoms with Gasteiger partial charge in [-0.25, -0.2) is 4.98 Å². The lowest BCUT2D eigenvalue weighted by atomic mass is 9.96. The van der Waals surface area contributed by atoms with E-state index in [2.05, 4.69) is 28.7 Å². The van der Waals surface area contributed by atoms with Gasteiger partial charge in [0.25, 0.3) is 0 Å². The molecule has 1 aliphatic rings. The van der Waals surface area contributed by atoms with Crippen molar-refractivity contribution >= 4 is 23.2 Å². The van der Waals surface area contributed by atoms with E-state index < -0.39 is 11.7 Å². The third-order valence-electron chi connectivity index (χ3n) is 5.36. The SMILES string of the molecule is CC(C)c1nccn1CC1CCN(CC(=O)Nc2cc(C(F)(F)F)ccc2Cl)CC1. The molecule has 5 nitrogen and oxygen atoms in total. The van der Waals surface area contributed by atoms with Gasteiger partial charge in [-0.2, -0.15) is 13.2 Å². The second-order valence-electron chi connectivity index (χ2n) is 8.05. The number of hydrogen-bond donors (Lipinski definition) is 1. The van der Waals surface area contributed by atoms with Gasteiger partial charge in [-0.05, 0) is 50.0 Å². The first-order valence-electron chi connectivity index (χ1n) is 10.0. The van der Waals surface area contributed by atoms with Crippen molar-refractivity contribution in [3.8, 4) is 0 Å². The second kappa shape index (κ2) is 9.39. The minimum absolute atomic E-state index is 0.0206. The zero-order valence-electron chi connectivity index (χ0n) is 17.0. The molecule has 1 N–H and O–H groups in total. The van der Waals surface area contributed by atoms with Gasteiger partial charge in [-0.15, -0.1) is 0 Å². The summed E-state index contributed by atoms with van der Waals surface area (Å²) in [7, 11) is 0. The first-order chi connectivity index (χ1) is 14.1. The van der Waals surface area contributed by atoms with Crippen LogP contribution in [0.15, 0.2) is 30.6 Å². The molecule has 9 heteroatoms. The predicted molar refractivity (Wildman–Crippen MR) is 111 cm³/mol. The van der Waals surface area contributed by atoms with E-state index in [1.54, 1.807) is 0 Å². The number of amides is 1. The van der Waals surface area contributed by atoms with E-state index >= 15 is 0 Å². The summed E-state index contributed by atoms with van der Waals surface area (Å²) in [5, 5.41) is 2.59. The number of aromatic nitrogens is 2. The Balaban J connectivity index is 1.50. The first kappa shape index (κ1) is 22.6. The van der Waals surface area contributed by atoms with Crippen LogP contribution < -0.4 is 5.32 Å². The Morgan fingerprint density at radius 1 is 1.30 bits per heavy atom. The van der Waals surface area contributed by atoms with Gasteiger partial charge in [0.05, 0.1) is 22.8 Å². The fourth-order valence-corrected chi connectivity index (χ4v) is 3.94. The van der Waals surface area contributed by atoms with Crippen LogP contribution in [0.3, 0.4) is 0 Å². The largest absolute Gasteiger partial charge is 0.416 e. The summed E-state index contributed by atoms with van der Waals surface area (Å²) in [5.41, 5.74) is -0.865. The van der Waals surface area contributed by atoms with Crippen molar-refractivity contribution in [2.24, 2.45) is 5.92 Å². The summed E-state index contributed by atoms with van der Waals surface area (Å²) in [6.45, 7) is 6.81. The smallest absolute Gasteiger partial charge is 0.334 e. The van der Waals surface area contributed by atoms with E-state index in [1.807, 2.05) is 17.3 Å². The number of nitrogens with one attached hydrogen (secondary N) is 1. The average molecular weight is 443 g/mol. The van der Waals surface area contributed by atoms with Gasteiger partial charge in [0, 0.05) is 24.9 Å². The zero-order valence-corrected chi connectivity index (χ0v) is 17.8. The number of anilines is 1. The normalized spacial score (nSPS) is 16.2. The third kappa shape index (κ3) is 5.76. The molecule has 0 atom stereocenters. The molecule has 1 fully saturated rings. The van der Waals surface area contributed by atoms with Crippen LogP contribution in [0.1, 0.15) is 44.0 Å². The molecule has 164 valence electrons. The van der Waals surface area contributed by atoms with Crippen LogP contribution in [0.4, 0.5) is 18.9 Å². The number of rotatable bonds is 6. The van der Waals surface area contributed by atoms with Gasteiger partial charge in [0.15, 0.2) is 0 Å². The van der Waals surface area contributed by atoms with Crippen LogP contribution in [0.2, 0.25) is 5.02 Å².